The zero-order valence-corrected chi connectivity index (χ0v) is 11.3. The first kappa shape index (κ1) is 12.4. The van der Waals surface area contributed by atoms with Crippen molar-refractivity contribution in [2.24, 2.45) is 0 Å². The van der Waals surface area contributed by atoms with E-state index in [0.29, 0.717) is 18.3 Å². The van der Waals surface area contributed by atoms with Crippen LogP contribution in [0.1, 0.15) is 36.7 Å². The smallest absolute Gasteiger partial charge is 0.211 e. The number of rotatable bonds is 3. The topological polar surface area (TPSA) is 33.5 Å². The lowest BCUT2D eigenvalue weighted by atomic mass is 10.0. The largest absolute Gasteiger partial charge is 0.453 e. The van der Waals surface area contributed by atoms with E-state index in [1.54, 1.807) is 0 Å². The Morgan fingerprint density at radius 1 is 1.37 bits per heavy atom. The number of Topliss-reactive ketones (excluding diaryl/α,β-unsaturated/α-hetero) is 1. The predicted octanol–water partition coefficient (Wildman–Crippen LogP) is 3.49. The summed E-state index contributed by atoms with van der Waals surface area (Å²) in [6.45, 7) is 3.69. The summed E-state index contributed by atoms with van der Waals surface area (Å²) in [6, 6.07) is 10.1. The molecule has 19 heavy (non-hydrogen) atoms. The van der Waals surface area contributed by atoms with Gasteiger partial charge < -0.3 is 4.42 Å². The van der Waals surface area contributed by atoms with E-state index in [9.17, 15) is 4.79 Å². The van der Waals surface area contributed by atoms with E-state index >= 15 is 0 Å². The molecule has 3 nitrogen and oxygen atoms in total. The third-order valence-electron chi connectivity index (χ3n) is 3.99. The number of para-hydroxylation sites is 1. The van der Waals surface area contributed by atoms with Crippen LogP contribution in [0, 0.1) is 0 Å². The van der Waals surface area contributed by atoms with Gasteiger partial charge in [-0.3, -0.25) is 9.69 Å². The van der Waals surface area contributed by atoms with Crippen LogP contribution in [-0.2, 0) is 0 Å². The average molecular weight is 257 g/mol. The lowest BCUT2D eigenvalue weighted by molar-refractivity contribution is 0.0835. The molecule has 0 radical (unpaired) electrons. The summed E-state index contributed by atoms with van der Waals surface area (Å²) in [5.41, 5.74) is 0.789. The zero-order chi connectivity index (χ0) is 13.2. The SMILES string of the molecule is CC1CCCCN1CC(=O)c1cc2ccccc2o1. The van der Waals surface area contributed by atoms with Gasteiger partial charge in [-0.25, -0.2) is 0 Å². The Kier molecular flexibility index (Phi) is 3.38. The maximum atomic E-state index is 12.3. The molecule has 2 heterocycles. The van der Waals surface area contributed by atoms with Crippen molar-refractivity contribution in [3.05, 3.63) is 36.1 Å². The van der Waals surface area contributed by atoms with E-state index in [4.69, 9.17) is 4.42 Å². The van der Waals surface area contributed by atoms with Gasteiger partial charge in [-0.05, 0) is 38.4 Å². The van der Waals surface area contributed by atoms with Gasteiger partial charge in [0.25, 0.3) is 0 Å². The summed E-state index contributed by atoms with van der Waals surface area (Å²) in [5, 5.41) is 0.998. The standard InChI is InChI=1S/C16H19NO2/c1-12-6-4-5-9-17(12)11-14(18)16-10-13-7-2-3-8-15(13)19-16/h2-3,7-8,10,12H,4-6,9,11H2,1H3. The number of piperidine rings is 1. The van der Waals surface area contributed by atoms with E-state index in [0.717, 1.165) is 17.5 Å². The maximum Gasteiger partial charge on any atom is 0.211 e. The van der Waals surface area contributed by atoms with Crippen LogP contribution < -0.4 is 0 Å². The lowest BCUT2D eigenvalue weighted by Crippen LogP contribution is -2.40. The van der Waals surface area contributed by atoms with Gasteiger partial charge in [0.05, 0.1) is 6.54 Å². The first-order valence-corrected chi connectivity index (χ1v) is 7.00. The van der Waals surface area contributed by atoms with Crippen LogP contribution in [0.4, 0.5) is 0 Å². The van der Waals surface area contributed by atoms with Gasteiger partial charge in [0.2, 0.25) is 5.78 Å². The molecule has 1 aromatic carbocycles. The van der Waals surface area contributed by atoms with Crippen molar-refractivity contribution in [3.63, 3.8) is 0 Å². The number of fused-ring (bicyclic) bond motifs is 1. The molecule has 0 aliphatic carbocycles. The number of nitrogens with zero attached hydrogens (tertiary/aromatic N) is 1. The highest BCUT2D eigenvalue weighted by molar-refractivity contribution is 5.98. The van der Waals surface area contributed by atoms with Crippen molar-refractivity contribution in [3.8, 4) is 0 Å². The number of hydrogen-bond acceptors (Lipinski definition) is 3. The number of carbonyl (C=O) groups excluding carboxylic acids is 1. The molecule has 0 spiro atoms. The molecule has 1 aromatic heterocycles. The number of carbonyl (C=O) groups is 1. The Labute approximate surface area is 113 Å². The fourth-order valence-electron chi connectivity index (χ4n) is 2.77. The van der Waals surface area contributed by atoms with Crippen LogP contribution in [0.3, 0.4) is 0 Å². The van der Waals surface area contributed by atoms with Crippen LogP contribution in [0.15, 0.2) is 34.7 Å². The molecule has 3 rings (SSSR count). The molecule has 1 aliphatic heterocycles. The highest BCUT2D eigenvalue weighted by atomic mass is 16.3. The van der Waals surface area contributed by atoms with Crippen molar-refractivity contribution < 1.29 is 9.21 Å². The fourth-order valence-corrected chi connectivity index (χ4v) is 2.77. The molecule has 1 atom stereocenters. The summed E-state index contributed by atoms with van der Waals surface area (Å²) >= 11 is 0. The molecule has 0 saturated carbocycles. The molecule has 1 unspecified atom stereocenters. The first-order valence-electron chi connectivity index (χ1n) is 7.00. The van der Waals surface area contributed by atoms with Crippen LogP contribution in [0.25, 0.3) is 11.0 Å². The molecule has 0 amide bonds. The normalized spacial score (nSPS) is 20.8. The minimum Gasteiger partial charge on any atom is -0.453 e. The summed E-state index contributed by atoms with van der Waals surface area (Å²) in [6.07, 6.45) is 3.65. The van der Waals surface area contributed by atoms with Crippen molar-refractivity contribution in [2.45, 2.75) is 32.2 Å². The van der Waals surface area contributed by atoms with Crippen LogP contribution >= 0.6 is 0 Å². The Hall–Kier alpha value is -1.61. The van der Waals surface area contributed by atoms with E-state index in [1.807, 2.05) is 30.3 Å². The number of likely N-dealkylation sites (tertiary alicyclic amines) is 1. The maximum absolute atomic E-state index is 12.3. The minimum absolute atomic E-state index is 0.0879. The third kappa shape index (κ3) is 2.56. The predicted molar refractivity (Wildman–Crippen MR) is 75.4 cm³/mol. The van der Waals surface area contributed by atoms with Gasteiger partial charge in [-0.2, -0.15) is 0 Å². The molecular weight excluding hydrogens is 238 g/mol. The molecule has 100 valence electrons. The van der Waals surface area contributed by atoms with Crippen molar-refractivity contribution >= 4 is 16.8 Å². The van der Waals surface area contributed by atoms with Gasteiger partial charge in [-0.1, -0.05) is 24.6 Å². The Bertz CT molecular complexity index is 554. The molecule has 2 aromatic rings. The Morgan fingerprint density at radius 3 is 3.00 bits per heavy atom. The molecule has 3 heteroatoms. The van der Waals surface area contributed by atoms with Crippen LogP contribution in [0.5, 0.6) is 0 Å². The average Bonchev–Trinajstić information content (AvgIpc) is 2.85. The second-order valence-corrected chi connectivity index (χ2v) is 5.39. The van der Waals surface area contributed by atoms with Crippen LogP contribution in [0.2, 0.25) is 0 Å². The lowest BCUT2D eigenvalue weighted by Gasteiger charge is -2.32. The monoisotopic (exact) mass is 257 g/mol. The fraction of sp³-hybridized carbons (Fsp3) is 0.438. The zero-order valence-electron chi connectivity index (χ0n) is 11.3. The number of hydrogen-bond donors (Lipinski definition) is 0. The third-order valence-corrected chi connectivity index (χ3v) is 3.99. The Balaban J connectivity index is 1.76. The summed E-state index contributed by atoms with van der Waals surface area (Å²) < 4.78 is 5.63. The number of benzene rings is 1. The molecular formula is C16H19NO2. The summed E-state index contributed by atoms with van der Waals surface area (Å²) in [5.74, 6) is 0.573. The van der Waals surface area contributed by atoms with Crippen molar-refractivity contribution in [1.82, 2.24) is 4.90 Å². The second kappa shape index (κ2) is 5.17. The number of furan rings is 1. The van der Waals surface area contributed by atoms with Crippen LogP contribution in [-0.4, -0.2) is 29.8 Å². The molecule has 1 aliphatic rings. The molecule has 1 fully saturated rings. The quantitative estimate of drug-likeness (QED) is 0.789. The highest BCUT2D eigenvalue weighted by Gasteiger charge is 2.22. The van der Waals surface area contributed by atoms with Gasteiger partial charge in [0.1, 0.15) is 5.58 Å². The van der Waals surface area contributed by atoms with Crippen molar-refractivity contribution in [2.75, 3.05) is 13.1 Å². The van der Waals surface area contributed by atoms with Gasteiger partial charge in [0, 0.05) is 11.4 Å². The minimum atomic E-state index is 0.0879. The second-order valence-electron chi connectivity index (χ2n) is 5.39. The molecule has 0 bridgehead atoms. The molecule has 1 saturated heterocycles. The van der Waals surface area contributed by atoms with Gasteiger partial charge in [-0.15, -0.1) is 0 Å². The van der Waals surface area contributed by atoms with E-state index in [2.05, 4.69) is 11.8 Å². The summed E-state index contributed by atoms with van der Waals surface area (Å²) in [4.78, 5) is 14.6. The molecule has 0 N–H and O–H groups in total. The Morgan fingerprint density at radius 2 is 2.21 bits per heavy atom. The van der Waals surface area contributed by atoms with Gasteiger partial charge in [0.15, 0.2) is 5.76 Å². The summed E-state index contributed by atoms with van der Waals surface area (Å²) in [7, 11) is 0. The number of ketones is 1. The first-order chi connectivity index (χ1) is 9.24. The van der Waals surface area contributed by atoms with E-state index < -0.39 is 0 Å². The highest BCUT2D eigenvalue weighted by Crippen LogP contribution is 2.21. The van der Waals surface area contributed by atoms with Crippen molar-refractivity contribution in [1.29, 1.82) is 0 Å². The van der Waals surface area contributed by atoms with Gasteiger partial charge >= 0.3 is 0 Å². The van der Waals surface area contributed by atoms with E-state index in [-0.39, 0.29) is 5.78 Å². The van der Waals surface area contributed by atoms with E-state index in [1.165, 1.54) is 19.3 Å².